The van der Waals surface area contributed by atoms with Crippen LogP contribution in [0.15, 0.2) is 24.5 Å². The smallest absolute Gasteiger partial charge is 0.227 e. The fourth-order valence-electron chi connectivity index (χ4n) is 3.43. The Hall–Kier alpha value is -1.46. The zero-order chi connectivity index (χ0) is 14.7. The summed E-state index contributed by atoms with van der Waals surface area (Å²) in [5.74, 6) is 0.404. The topological polar surface area (TPSA) is 57.3 Å². The van der Waals surface area contributed by atoms with Gasteiger partial charge in [0.1, 0.15) is 0 Å². The van der Waals surface area contributed by atoms with Crippen molar-refractivity contribution in [2.45, 2.75) is 31.8 Å². The second-order valence-corrected chi connectivity index (χ2v) is 6.03. The Bertz CT molecular complexity index is 478. The highest BCUT2D eigenvalue weighted by atomic mass is 16.2. The number of piperazine rings is 1. The molecular weight excluding hydrogens is 264 g/mol. The van der Waals surface area contributed by atoms with Gasteiger partial charge in [-0.3, -0.25) is 9.78 Å². The Labute approximate surface area is 126 Å². The highest BCUT2D eigenvalue weighted by Crippen LogP contribution is 2.27. The number of nitrogens with one attached hydrogen (secondary N) is 2. The van der Waals surface area contributed by atoms with Gasteiger partial charge in [-0.25, -0.2) is 0 Å². The Morgan fingerprint density at radius 3 is 3.10 bits per heavy atom. The molecule has 2 N–H and O–H groups in total. The van der Waals surface area contributed by atoms with Crippen molar-refractivity contribution >= 4 is 5.91 Å². The Kier molecular flexibility index (Phi) is 4.51. The molecule has 3 atom stereocenters. The summed E-state index contributed by atoms with van der Waals surface area (Å²) < 4.78 is 0. The fraction of sp³-hybridized carbons (Fsp3) is 0.625. The number of nitrogens with zero attached hydrogens (tertiary/aromatic N) is 2. The number of carbonyl (C=O) groups excluding carboxylic acids is 1. The maximum Gasteiger partial charge on any atom is 0.227 e. The molecule has 0 aliphatic carbocycles. The van der Waals surface area contributed by atoms with Gasteiger partial charge in [-0.2, -0.15) is 0 Å². The summed E-state index contributed by atoms with van der Waals surface area (Å²) in [5.41, 5.74) is 1.12. The van der Waals surface area contributed by atoms with Crippen LogP contribution in [0.25, 0.3) is 0 Å². The third kappa shape index (κ3) is 3.09. The summed E-state index contributed by atoms with van der Waals surface area (Å²) in [7, 11) is 0. The van der Waals surface area contributed by atoms with Crippen molar-refractivity contribution in [1.29, 1.82) is 0 Å². The van der Waals surface area contributed by atoms with E-state index in [9.17, 15) is 4.79 Å². The molecule has 5 heteroatoms. The first kappa shape index (κ1) is 14.5. The first-order chi connectivity index (χ1) is 10.3. The van der Waals surface area contributed by atoms with Gasteiger partial charge in [0.05, 0.1) is 12.0 Å². The van der Waals surface area contributed by atoms with Crippen molar-refractivity contribution in [2.75, 3.05) is 26.2 Å². The predicted molar refractivity (Wildman–Crippen MR) is 81.7 cm³/mol. The number of pyridine rings is 1. The van der Waals surface area contributed by atoms with Crippen molar-refractivity contribution in [3.8, 4) is 0 Å². The van der Waals surface area contributed by atoms with Crippen LogP contribution in [0.1, 0.15) is 31.4 Å². The van der Waals surface area contributed by atoms with Crippen LogP contribution in [0.4, 0.5) is 0 Å². The van der Waals surface area contributed by atoms with Crippen molar-refractivity contribution in [2.24, 2.45) is 5.92 Å². The van der Waals surface area contributed by atoms with Crippen molar-refractivity contribution in [3.05, 3.63) is 30.1 Å². The zero-order valence-electron chi connectivity index (χ0n) is 12.6. The SMILES string of the molecule is CC1NCCCC1C(=O)N1CCNCC1c1cccnc1. The summed E-state index contributed by atoms with van der Waals surface area (Å²) >= 11 is 0. The average Bonchev–Trinajstić information content (AvgIpc) is 2.55. The van der Waals surface area contributed by atoms with Crippen LogP contribution in [0.5, 0.6) is 0 Å². The molecule has 3 heterocycles. The highest BCUT2D eigenvalue weighted by molar-refractivity contribution is 5.80. The molecule has 0 aromatic carbocycles. The zero-order valence-corrected chi connectivity index (χ0v) is 12.6. The van der Waals surface area contributed by atoms with Gasteiger partial charge in [0.25, 0.3) is 0 Å². The maximum atomic E-state index is 13.0. The normalized spacial score (nSPS) is 30.1. The molecule has 0 radical (unpaired) electrons. The van der Waals surface area contributed by atoms with E-state index in [1.165, 1.54) is 0 Å². The van der Waals surface area contributed by atoms with Gasteiger partial charge in [-0.15, -0.1) is 0 Å². The number of rotatable bonds is 2. The van der Waals surface area contributed by atoms with Crippen LogP contribution >= 0.6 is 0 Å². The largest absolute Gasteiger partial charge is 0.333 e. The lowest BCUT2D eigenvalue weighted by Crippen LogP contribution is -2.54. The molecule has 3 unspecified atom stereocenters. The summed E-state index contributed by atoms with van der Waals surface area (Å²) in [6.45, 7) is 5.62. The van der Waals surface area contributed by atoms with Crippen LogP contribution in [-0.2, 0) is 4.79 Å². The van der Waals surface area contributed by atoms with Gasteiger partial charge in [-0.05, 0) is 37.9 Å². The molecule has 2 aliphatic heterocycles. The monoisotopic (exact) mass is 288 g/mol. The van der Waals surface area contributed by atoms with E-state index in [0.29, 0.717) is 5.91 Å². The number of piperidine rings is 1. The van der Waals surface area contributed by atoms with Gasteiger partial charge in [0.2, 0.25) is 5.91 Å². The summed E-state index contributed by atoms with van der Waals surface area (Å²) in [6, 6.07) is 4.38. The van der Waals surface area contributed by atoms with E-state index in [4.69, 9.17) is 0 Å². The fourth-order valence-corrected chi connectivity index (χ4v) is 3.43. The third-order valence-electron chi connectivity index (χ3n) is 4.67. The lowest BCUT2D eigenvalue weighted by atomic mass is 9.89. The van der Waals surface area contributed by atoms with Gasteiger partial charge >= 0.3 is 0 Å². The van der Waals surface area contributed by atoms with E-state index in [2.05, 4.69) is 33.5 Å². The van der Waals surface area contributed by atoms with E-state index < -0.39 is 0 Å². The molecule has 3 rings (SSSR count). The first-order valence-corrected chi connectivity index (χ1v) is 7.92. The average molecular weight is 288 g/mol. The number of amides is 1. The van der Waals surface area contributed by atoms with Crippen molar-refractivity contribution < 1.29 is 4.79 Å². The number of carbonyl (C=O) groups is 1. The predicted octanol–water partition coefficient (Wildman–Crippen LogP) is 0.943. The number of hydrogen-bond donors (Lipinski definition) is 2. The number of hydrogen-bond acceptors (Lipinski definition) is 4. The van der Waals surface area contributed by atoms with E-state index in [0.717, 1.165) is 44.6 Å². The molecule has 2 aliphatic rings. The second kappa shape index (κ2) is 6.54. The van der Waals surface area contributed by atoms with E-state index in [1.54, 1.807) is 6.20 Å². The Morgan fingerprint density at radius 1 is 1.43 bits per heavy atom. The summed E-state index contributed by atoms with van der Waals surface area (Å²) in [6.07, 6.45) is 5.74. The molecule has 114 valence electrons. The highest BCUT2D eigenvalue weighted by Gasteiger charge is 2.35. The summed E-state index contributed by atoms with van der Waals surface area (Å²) in [4.78, 5) is 19.2. The summed E-state index contributed by atoms with van der Waals surface area (Å²) in [5, 5.41) is 6.83. The van der Waals surface area contributed by atoms with Crippen LogP contribution in [0.2, 0.25) is 0 Å². The van der Waals surface area contributed by atoms with Gasteiger partial charge in [0, 0.05) is 38.1 Å². The van der Waals surface area contributed by atoms with Gasteiger partial charge in [-0.1, -0.05) is 6.07 Å². The molecule has 21 heavy (non-hydrogen) atoms. The van der Waals surface area contributed by atoms with E-state index >= 15 is 0 Å². The molecule has 0 spiro atoms. The van der Waals surface area contributed by atoms with Crippen LogP contribution in [0, 0.1) is 5.92 Å². The molecule has 1 amide bonds. The van der Waals surface area contributed by atoms with Crippen molar-refractivity contribution in [1.82, 2.24) is 20.5 Å². The van der Waals surface area contributed by atoms with Crippen LogP contribution < -0.4 is 10.6 Å². The third-order valence-corrected chi connectivity index (χ3v) is 4.67. The minimum Gasteiger partial charge on any atom is -0.333 e. The minimum atomic E-state index is 0.106. The quantitative estimate of drug-likeness (QED) is 0.850. The molecule has 2 fully saturated rings. The lowest BCUT2D eigenvalue weighted by molar-refractivity contribution is -0.140. The van der Waals surface area contributed by atoms with Gasteiger partial charge in [0.15, 0.2) is 0 Å². The second-order valence-electron chi connectivity index (χ2n) is 6.03. The lowest BCUT2D eigenvalue weighted by Gasteiger charge is -2.40. The number of aromatic nitrogens is 1. The molecule has 1 aromatic rings. The van der Waals surface area contributed by atoms with E-state index in [-0.39, 0.29) is 18.0 Å². The molecule has 2 saturated heterocycles. The standard InChI is InChI=1S/C16H24N4O/c1-12-14(5-3-7-19-12)16(21)20-9-8-18-11-15(20)13-4-2-6-17-10-13/h2,4,6,10,12,14-15,18-19H,3,5,7-9,11H2,1H3. The van der Waals surface area contributed by atoms with Crippen LogP contribution in [-0.4, -0.2) is 48.0 Å². The Balaban J connectivity index is 1.79. The molecule has 0 saturated carbocycles. The maximum absolute atomic E-state index is 13.0. The van der Waals surface area contributed by atoms with Gasteiger partial charge < -0.3 is 15.5 Å². The first-order valence-electron chi connectivity index (χ1n) is 7.92. The van der Waals surface area contributed by atoms with Crippen molar-refractivity contribution in [3.63, 3.8) is 0 Å². The Morgan fingerprint density at radius 2 is 2.33 bits per heavy atom. The molecular formula is C16H24N4O. The van der Waals surface area contributed by atoms with E-state index in [1.807, 2.05) is 12.3 Å². The van der Waals surface area contributed by atoms with Crippen LogP contribution in [0.3, 0.4) is 0 Å². The minimum absolute atomic E-state index is 0.106. The molecule has 1 aromatic heterocycles. The molecule has 0 bridgehead atoms. The molecule has 5 nitrogen and oxygen atoms in total.